The number of H-pyrrole nitrogens is 1. The number of pyridine rings is 1. The molecule has 0 amide bonds. The molecule has 2 aromatic carbocycles. The van der Waals surface area contributed by atoms with Crippen molar-refractivity contribution in [3.05, 3.63) is 88.4 Å². The van der Waals surface area contributed by atoms with Crippen molar-refractivity contribution < 1.29 is 0 Å². The summed E-state index contributed by atoms with van der Waals surface area (Å²) in [6, 6.07) is 18.0. The Hall–Kier alpha value is -3.92. The zero-order valence-electron chi connectivity index (χ0n) is 22.8. The van der Waals surface area contributed by atoms with Gasteiger partial charge in [-0.05, 0) is 88.8 Å². The number of benzene rings is 2. The lowest BCUT2D eigenvalue weighted by molar-refractivity contribution is 0.140. The fourth-order valence-electron chi connectivity index (χ4n) is 5.43. The van der Waals surface area contributed by atoms with Crippen LogP contribution >= 0.6 is 0 Å². The second-order valence-corrected chi connectivity index (χ2v) is 10.5. The van der Waals surface area contributed by atoms with Crippen molar-refractivity contribution in [1.82, 2.24) is 19.8 Å². The van der Waals surface area contributed by atoms with Gasteiger partial charge in [-0.15, -0.1) is 0 Å². The molecule has 2 N–H and O–H groups in total. The summed E-state index contributed by atoms with van der Waals surface area (Å²) < 4.78 is 0. The molecule has 0 unspecified atom stereocenters. The number of hydrogen-bond donors (Lipinski definition) is 2. The van der Waals surface area contributed by atoms with E-state index in [1.807, 2.05) is 13.1 Å². The number of anilines is 2. The summed E-state index contributed by atoms with van der Waals surface area (Å²) in [5.74, 6) is 0. The molecule has 2 aromatic heterocycles. The van der Waals surface area contributed by atoms with Gasteiger partial charge in [0.05, 0.1) is 11.3 Å². The second kappa shape index (κ2) is 11.2. The summed E-state index contributed by atoms with van der Waals surface area (Å²) in [5, 5.41) is 14.6. The Morgan fingerprint density at radius 1 is 1.13 bits per heavy atom. The van der Waals surface area contributed by atoms with E-state index in [0.29, 0.717) is 11.6 Å². The Balaban J connectivity index is 1.38. The minimum absolute atomic E-state index is 0.527. The lowest BCUT2D eigenvalue weighted by atomic mass is 10.0. The molecule has 4 aromatic rings. The van der Waals surface area contributed by atoms with Crippen LogP contribution in [0.2, 0.25) is 0 Å². The minimum atomic E-state index is 0.527. The number of rotatable bonds is 7. The van der Waals surface area contributed by atoms with Gasteiger partial charge in [0.25, 0.3) is 0 Å². The van der Waals surface area contributed by atoms with E-state index in [0.717, 1.165) is 58.9 Å². The molecule has 0 spiro atoms. The third kappa shape index (κ3) is 5.50. The largest absolute Gasteiger partial charge is 0.361 e. The van der Waals surface area contributed by atoms with Crippen LogP contribution in [0.4, 0.5) is 11.4 Å². The van der Waals surface area contributed by atoms with E-state index in [1.165, 1.54) is 23.8 Å². The van der Waals surface area contributed by atoms with Gasteiger partial charge < -0.3 is 15.2 Å². The fraction of sp³-hybridized carbons (Fsp3) is 0.312. The molecule has 5 rings (SSSR count). The van der Waals surface area contributed by atoms with Gasteiger partial charge in [-0.25, -0.2) is 0 Å². The van der Waals surface area contributed by atoms with Crippen molar-refractivity contribution in [3.8, 4) is 6.07 Å². The molecule has 1 aliphatic heterocycles. The average molecular weight is 505 g/mol. The molecule has 1 saturated heterocycles. The summed E-state index contributed by atoms with van der Waals surface area (Å²) in [5.41, 5.74) is 8.80. The zero-order chi connectivity index (χ0) is 26.6. The van der Waals surface area contributed by atoms with Crippen LogP contribution in [0.1, 0.15) is 46.4 Å². The van der Waals surface area contributed by atoms with E-state index in [2.05, 4.69) is 107 Å². The number of fused-ring (bicyclic) bond motifs is 1. The zero-order valence-corrected chi connectivity index (χ0v) is 22.8. The first-order valence-corrected chi connectivity index (χ1v) is 13.3. The fourth-order valence-corrected chi connectivity index (χ4v) is 5.43. The number of aromatic amines is 1. The van der Waals surface area contributed by atoms with Crippen LogP contribution in [0.15, 0.2) is 54.9 Å². The molecular formula is C32H36N6. The Morgan fingerprint density at radius 2 is 1.95 bits per heavy atom. The number of nitrogens with zero attached hydrogens (tertiary/aromatic N) is 4. The van der Waals surface area contributed by atoms with Crippen LogP contribution in [0.25, 0.3) is 23.1 Å². The lowest BCUT2D eigenvalue weighted by Gasteiger charge is -2.35. The van der Waals surface area contributed by atoms with Gasteiger partial charge in [-0.2, -0.15) is 5.26 Å². The van der Waals surface area contributed by atoms with Gasteiger partial charge in [0.2, 0.25) is 0 Å². The monoisotopic (exact) mass is 504 g/mol. The standard InChI is InChI=1S/C32H36N6/c1-22-28-12-15-34-31(28)11-10-30(22)36-32-26(19-33)20-35-23(2)29(32)9-8-24-6-5-7-25(18-24)21-38-16-13-27(14-17-38)37(3)4/h5-12,15,18,20,27,34H,13-14,16-17,21H2,1-4H3,(H,35,36)/b9-8+. The molecule has 194 valence electrons. The van der Waals surface area contributed by atoms with E-state index in [-0.39, 0.29) is 0 Å². The van der Waals surface area contributed by atoms with Crippen LogP contribution < -0.4 is 5.32 Å². The van der Waals surface area contributed by atoms with E-state index in [4.69, 9.17) is 0 Å². The maximum Gasteiger partial charge on any atom is 0.103 e. The third-order valence-electron chi connectivity index (χ3n) is 7.79. The number of nitrogens with one attached hydrogen (secondary N) is 2. The quantitative estimate of drug-likeness (QED) is 0.301. The van der Waals surface area contributed by atoms with Crippen LogP contribution in [0, 0.1) is 25.2 Å². The van der Waals surface area contributed by atoms with Crippen LogP contribution in [-0.2, 0) is 6.54 Å². The Morgan fingerprint density at radius 3 is 2.71 bits per heavy atom. The number of nitriles is 1. The third-order valence-corrected chi connectivity index (χ3v) is 7.79. The maximum atomic E-state index is 9.88. The number of hydrogen-bond acceptors (Lipinski definition) is 5. The number of piperidine rings is 1. The molecule has 0 saturated carbocycles. The summed E-state index contributed by atoms with van der Waals surface area (Å²) in [6.45, 7) is 7.33. The first-order chi connectivity index (χ1) is 18.4. The molecular weight excluding hydrogens is 468 g/mol. The Kier molecular flexibility index (Phi) is 7.59. The highest BCUT2D eigenvalue weighted by atomic mass is 15.2. The molecule has 0 bridgehead atoms. The van der Waals surface area contributed by atoms with Gasteiger partial charge in [-0.3, -0.25) is 9.88 Å². The van der Waals surface area contributed by atoms with Gasteiger partial charge in [0, 0.05) is 52.8 Å². The molecule has 38 heavy (non-hydrogen) atoms. The molecule has 3 heterocycles. The van der Waals surface area contributed by atoms with E-state index in [9.17, 15) is 5.26 Å². The number of aromatic nitrogens is 2. The van der Waals surface area contributed by atoms with Crippen molar-refractivity contribution in [3.63, 3.8) is 0 Å². The molecule has 0 aliphatic carbocycles. The molecule has 0 radical (unpaired) electrons. The smallest absolute Gasteiger partial charge is 0.103 e. The molecule has 1 aliphatic rings. The summed E-state index contributed by atoms with van der Waals surface area (Å²) in [4.78, 5) is 12.7. The van der Waals surface area contributed by atoms with Crippen molar-refractivity contribution in [1.29, 1.82) is 5.26 Å². The van der Waals surface area contributed by atoms with Crippen LogP contribution in [0.3, 0.4) is 0 Å². The minimum Gasteiger partial charge on any atom is -0.361 e. The first kappa shape index (κ1) is 25.7. The Labute approximate surface area is 225 Å². The van der Waals surface area contributed by atoms with Crippen molar-refractivity contribution in [2.75, 3.05) is 32.5 Å². The van der Waals surface area contributed by atoms with E-state index >= 15 is 0 Å². The van der Waals surface area contributed by atoms with E-state index in [1.54, 1.807) is 6.20 Å². The highest BCUT2D eigenvalue weighted by molar-refractivity contribution is 5.90. The second-order valence-electron chi connectivity index (χ2n) is 10.5. The van der Waals surface area contributed by atoms with Crippen molar-refractivity contribution >= 4 is 34.4 Å². The first-order valence-electron chi connectivity index (χ1n) is 13.3. The topological polar surface area (TPSA) is 71.0 Å². The van der Waals surface area contributed by atoms with Crippen molar-refractivity contribution in [2.45, 2.75) is 39.3 Å². The summed E-state index contributed by atoms with van der Waals surface area (Å²) >= 11 is 0. The van der Waals surface area contributed by atoms with Gasteiger partial charge in [0.1, 0.15) is 6.07 Å². The van der Waals surface area contributed by atoms with Crippen LogP contribution in [0.5, 0.6) is 0 Å². The van der Waals surface area contributed by atoms with Gasteiger partial charge >= 0.3 is 0 Å². The van der Waals surface area contributed by atoms with Gasteiger partial charge in [-0.1, -0.05) is 36.4 Å². The molecule has 6 nitrogen and oxygen atoms in total. The summed E-state index contributed by atoms with van der Waals surface area (Å²) in [7, 11) is 4.37. The molecule has 0 atom stereocenters. The Bertz CT molecular complexity index is 1500. The van der Waals surface area contributed by atoms with Gasteiger partial charge in [0.15, 0.2) is 0 Å². The SMILES string of the molecule is Cc1ncc(C#N)c(Nc2ccc3[nH]ccc3c2C)c1/C=C/c1cccc(CN2CCC(N(C)C)CC2)c1. The predicted octanol–water partition coefficient (Wildman–Crippen LogP) is 6.49. The average Bonchev–Trinajstić information content (AvgIpc) is 3.40. The number of likely N-dealkylation sites (tertiary alicyclic amines) is 1. The lowest BCUT2D eigenvalue weighted by Crippen LogP contribution is -2.41. The molecule has 6 heteroatoms. The maximum absolute atomic E-state index is 9.88. The number of aryl methyl sites for hydroxylation is 2. The van der Waals surface area contributed by atoms with Crippen molar-refractivity contribution in [2.24, 2.45) is 0 Å². The highest BCUT2D eigenvalue weighted by Crippen LogP contribution is 2.32. The van der Waals surface area contributed by atoms with E-state index < -0.39 is 0 Å². The van der Waals surface area contributed by atoms with Crippen LogP contribution in [-0.4, -0.2) is 53.0 Å². The predicted molar refractivity (Wildman–Crippen MR) is 157 cm³/mol. The highest BCUT2D eigenvalue weighted by Gasteiger charge is 2.20. The summed E-state index contributed by atoms with van der Waals surface area (Å²) in [6.07, 6.45) is 10.3. The normalized spacial score (nSPS) is 14.9. The molecule has 1 fully saturated rings.